The molecule has 0 amide bonds. The first kappa shape index (κ1) is 15.7. The van der Waals surface area contributed by atoms with Gasteiger partial charge in [0.25, 0.3) is 0 Å². The van der Waals surface area contributed by atoms with Gasteiger partial charge in [0.2, 0.25) is 0 Å². The third-order valence-electron chi connectivity index (χ3n) is 4.01. The Kier molecular flexibility index (Phi) is 3.93. The lowest BCUT2D eigenvalue weighted by atomic mass is 10.1. The fraction of sp³-hybridized carbons (Fsp3) is 0.0500. The molecule has 0 atom stereocenters. The van der Waals surface area contributed by atoms with E-state index in [0.29, 0.717) is 22.9 Å². The van der Waals surface area contributed by atoms with Crippen LogP contribution in [0.25, 0.3) is 34.2 Å². The van der Waals surface area contributed by atoms with Gasteiger partial charge in [0.05, 0.1) is 11.3 Å². The number of phenols is 1. The molecule has 124 valence electrons. The Hall–Kier alpha value is -2.79. The lowest BCUT2D eigenvalue weighted by molar-refractivity contribution is 0.474. The molecule has 0 saturated carbocycles. The van der Waals surface area contributed by atoms with E-state index in [4.69, 9.17) is 4.42 Å². The standard InChI is InChI=1S/C20H15BrN2O2/c1-12-19(13-6-8-14(21)9-7-13)23-20(22-12)18-11-10-17(25-18)15-4-2-3-5-16(15)24/h2-11,24H,1H3,(H,22,23). The number of hydrogen-bond acceptors (Lipinski definition) is 3. The predicted molar refractivity (Wildman–Crippen MR) is 101 cm³/mol. The van der Waals surface area contributed by atoms with E-state index >= 15 is 0 Å². The second-order valence-electron chi connectivity index (χ2n) is 5.75. The summed E-state index contributed by atoms with van der Waals surface area (Å²) in [5.74, 6) is 2.09. The first-order valence-electron chi connectivity index (χ1n) is 7.83. The number of halogens is 1. The minimum atomic E-state index is 0.189. The Balaban J connectivity index is 1.71. The molecule has 0 spiro atoms. The van der Waals surface area contributed by atoms with Crippen molar-refractivity contribution in [1.29, 1.82) is 0 Å². The topological polar surface area (TPSA) is 62.0 Å². The minimum Gasteiger partial charge on any atom is -0.507 e. The summed E-state index contributed by atoms with van der Waals surface area (Å²) in [5.41, 5.74) is 3.56. The molecular formula is C20H15BrN2O2. The molecule has 2 heterocycles. The Morgan fingerprint density at radius 3 is 2.44 bits per heavy atom. The summed E-state index contributed by atoms with van der Waals surface area (Å²) in [6, 6.07) is 18.8. The average molecular weight is 395 g/mol. The normalized spacial score (nSPS) is 11.0. The van der Waals surface area contributed by atoms with Gasteiger partial charge in [-0.15, -0.1) is 0 Å². The van der Waals surface area contributed by atoms with Crippen LogP contribution in [-0.2, 0) is 0 Å². The van der Waals surface area contributed by atoms with Gasteiger partial charge in [-0.25, -0.2) is 4.98 Å². The highest BCUT2D eigenvalue weighted by Gasteiger charge is 2.15. The van der Waals surface area contributed by atoms with E-state index < -0.39 is 0 Å². The van der Waals surface area contributed by atoms with Crippen molar-refractivity contribution < 1.29 is 9.52 Å². The second-order valence-corrected chi connectivity index (χ2v) is 6.66. The molecule has 0 bridgehead atoms. The van der Waals surface area contributed by atoms with E-state index in [9.17, 15) is 5.11 Å². The number of aromatic nitrogens is 2. The van der Waals surface area contributed by atoms with Crippen LogP contribution in [0.5, 0.6) is 5.75 Å². The number of aryl methyl sites for hydroxylation is 1. The lowest BCUT2D eigenvalue weighted by Crippen LogP contribution is -1.80. The van der Waals surface area contributed by atoms with Crippen molar-refractivity contribution in [2.24, 2.45) is 0 Å². The quantitative estimate of drug-likeness (QED) is 0.462. The van der Waals surface area contributed by atoms with Gasteiger partial charge < -0.3 is 14.5 Å². The van der Waals surface area contributed by atoms with Gasteiger partial charge in [-0.1, -0.05) is 40.2 Å². The fourth-order valence-corrected chi connectivity index (χ4v) is 3.02. The molecule has 2 aromatic heterocycles. The molecule has 4 aromatic rings. The second kappa shape index (κ2) is 6.26. The molecule has 4 nitrogen and oxygen atoms in total. The van der Waals surface area contributed by atoms with Crippen LogP contribution in [0.1, 0.15) is 5.69 Å². The Labute approximate surface area is 153 Å². The summed E-state index contributed by atoms with van der Waals surface area (Å²) in [5, 5.41) is 9.98. The molecule has 0 aliphatic heterocycles. The third kappa shape index (κ3) is 2.98. The zero-order valence-electron chi connectivity index (χ0n) is 13.5. The maximum atomic E-state index is 9.98. The fourth-order valence-electron chi connectivity index (χ4n) is 2.76. The summed E-state index contributed by atoms with van der Waals surface area (Å²) in [4.78, 5) is 7.96. The number of benzene rings is 2. The maximum Gasteiger partial charge on any atom is 0.174 e. The summed E-state index contributed by atoms with van der Waals surface area (Å²) < 4.78 is 6.93. The first-order valence-corrected chi connectivity index (χ1v) is 8.62. The Morgan fingerprint density at radius 2 is 1.68 bits per heavy atom. The molecule has 0 saturated heterocycles. The summed E-state index contributed by atoms with van der Waals surface area (Å²) >= 11 is 3.45. The van der Waals surface area contributed by atoms with Crippen LogP contribution in [0.4, 0.5) is 0 Å². The number of furan rings is 1. The molecule has 5 heteroatoms. The van der Waals surface area contributed by atoms with Gasteiger partial charge in [-0.2, -0.15) is 0 Å². The number of H-pyrrole nitrogens is 1. The summed E-state index contributed by atoms with van der Waals surface area (Å²) in [6.45, 7) is 1.99. The number of para-hydroxylation sites is 1. The van der Waals surface area contributed by atoms with Crippen molar-refractivity contribution in [3.05, 3.63) is 70.8 Å². The monoisotopic (exact) mass is 394 g/mol. The predicted octanol–water partition coefficient (Wildman–Crippen LogP) is 5.78. The number of hydrogen-bond donors (Lipinski definition) is 2. The molecule has 25 heavy (non-hydrogen) atoms. The number of aromatic amines is 1. The van der Waals surface area contributed by atoms with Gasteiger partial charge >= 0.3 is 0 Å². The van der Waals surface area contributed by atoms with Gasteiger partial charge in [-0.05, 0) is 43.3 Å². The van der Waals surface area contributed by atoms with Crippen LogP contribution in [0.2, 0.25) is 0 Å². The van der Waals surface area contributed by atoms with Crippen molar-refractivity contribution in [2.75, 3.05) is 0 Å². The molecule has 4 rings (SSSR count). The SMILES string of the molecule is Cc1[nH]c(-c2ccc(-c3ccccc3O)o2)nc1-c1ccc(Br)cc1. The molecule has 2 aromatic carbocycles. The summed E-state index contributed by atoms with van der Waals surface area (Å²) in [6.07, 6.45) is 0. The Bertz CT molecular complexity index is 1030. The number of rotatable bonds is 3. The van der Waals surface area contributed by atoms with Gasteiger partial charge in [-0.3, -0.25) is 0 Å². The maximum absolute atomic E-state index is 9.98. The molecule has 0 unspecified atom stereocenters. The molecular weight excluding hydrogens is 380 g/mol. The van der Waals surface area contributed by atoms with E-state index in [0.717, 1.165) is 21.4 Å². The van der Waals surface area contributed by atoms with Crippen LogP contribution in [0.15, 0.2) is 69.6 Å². The zero-order chi connectivity index (χ0) is 17.4. The molecule has 0 radical (unpaired) electrons. The third-order valence-corrected chi connectivity index (χ3v) is 4.54. The van der Waals surface area contributed by atoms with Gasteiger partial charge in [0.15, 0.2) is 11.6 Å². The van der Waals surface area contributed by atoms with E-state index in [2.05, 4.69) is 25.9 Å². The van der Waals surface area contributed by atoms with Gasteiger partial charge in [0.1, 0.15) is 11.5 Å². The number of nitrogens with one attached hydrogen (secondary N) is 1. The van der Waals surface area contributed by atoms with Crippen molar-refractivity contribution >= 4 is 15.9 Å². The first-order chi connectivity index (χ1) is 12.1. The van der Waals surface area contributed by atoms with Gasteiger partial charge in [0, 0.05) is 15.7 Å². The highest BCUT2D eigenvalue weighted by atomic mass is 79.9. The van der Waals surface area contributed by atoms with Crippen LogP contribution < -0.4 is 0 Å². The number of phenolic OH excluding ortho intramolecular Hbond substituents is 1. The van der Waals surface area contributed by atoms with Crippen molar-refractivity contribution in [3.8, 4) is 39.9 Å². The van der Waals surface area contributed by atoms with E-state index in [1.165, 1.54) is 0 Å². The van der Waals surface area contributed by atoms with Crippen molar-refractivity contribution in [3.63, 3.8) is 0 Å². The largest absolute Gasteiger partial charge is 0.507 e. The van der Waals surface area contributed by atoms with E-state index in [1.807, 2.05) is 55.5 Å². The minimum absolute atomic E-state index is 0.189. The smallest absolute Gasteiger partial charge is 0.174 e. The molecule has 0 fully saturated rings. The highest BCUT2D eigenvalue weighted by Crippen LogP contribution is 2.33. The number of aromatic hydroxyl groups is 1. The number of nitrogens with zero attached hydrogens (tertiary/aromatic N) is 1. The van der Waals surface area contributed by atoms with Crippen LogP contribution >= 0.6 is 15.9 Å². The van der Waals surface area contributed by atoms with Crippen molar-refractivity contribution in [2.45, 2.75) is 6.92 Å². The van der Waals surface area contributed by atoms with Crippen LogP contribution in [0.3, 0.4) is 0 Å². The van der Waals surface area contributed by atoms with Crippen molar-refractivity contribution in [1.82, 2.24) is 9.97 Å². The summed E-state index contributed by atoms with van der Waals surface area (Å²) in [7, 11) is 0. The highest BCUT2D eigenvalue weighted by molar-refractivity contribution is 9.10. The molecule has 0 aliphatic carbocycles. The number of imidazole rings is 1. The van der Waals surface area contributed by atoms with Crippen LogP contribution in [-0.4, -0.2) is 15.1 Å². The molecule has 2 N–H and O–H groups in total. The molecule has 0 aliphatic rings. The lowest BCUT2D eigenvalue weighted by Gasteiger charge is -1.99. The zero-order valence-corrected chi connectivity index (χ0v) is 15.0. The Morgan fingerprint density at radius 1 is 0.960 bits per heavy atom. The van der Waals surface area contributed by atoms with E-state index in [-0.39, 0.29) is 5.75 Å². The average Bonchev–Trinajstić information content (AvgIpc) is 3.23. The van der Waals surface area contributed by atoms with Crippen LogP contribution in [0, 0.1) is 6.92 Å². The van der Waals surface area contributed by atoms with E-state index in [1.54, 1.807) is 12.1 Å².